The highest BCUT2D eigenvalue weighted by Crippen LogP contribution is 2.22. The number of amides is 1. The predicted molar refractivity (Wildman–Crippen MR) is 130 cm³/mol. The zero-order chi connectivity index (χ0) is 23.1. The van der Waals surface area contributed by atoms with E-state index in [4.69, 9.17) is 0 Å². The minimum Gasteiger partial charge on any atom is -0.352 e. The van der Waals surface area contributed by atoms with Crippen molar-refractivity contribution >= 4 is 21.6 Å². The number of nitrogens with zero attached hydrogens (tertiary/aromatic N) is 2. The van der Waals surface area contributed by atoms with Gasteiger partial charge in [-0.25, -0.2) is 8.42 Å². The quantitative estimate of drug-likeness (QED) is 0.582. The maximum Gasteiger partial charge on any atom is 0.251 e. The summed E-state index contributed by atoms with van der Waals surface area (Å²) in [6.07, 6.45) is 4.64. The standard InChI is InChI=1S/C25H35N3O3S/c1-20-13-17-27(18-14-20)16-6-15-26-25(29)22-9-11-24(12-10-22)28(32(3,30)31)19-23-8-5-4-7-21(23)2/h4-5,7-12,20H,6,13-19H2,1-3H3,(H,26,29). The molecule has 174 valence electrons. The Balaban J connectivity index is 1.56. The zero-order valence-electron chi connectivity index (χ0n) is 19.4. The summed E-state index contributed by atoms with van der Waals surface area (Å²) in [6, 6.07) is 14.5. The topological polar surface area (TPSA) is 69.7 Å². The van der Waals surface area contributed by atoms with Crippen molar-refractivity contribution in [2.75, 3.05) is 36.7 Å². The highest BCUT2D eigenvalue weighted by Gasteiger charge is 2.19. The molecule has 2 aromatic carbocycles. The molecule has 0 spiro atoms. The molecule has 1 fully saturated rings. The third-order valence-electron chi connectivity index (χ3n) is 6.21. The minimum atomic E-state index is -3.47. The fraction of sp³-hybridized carbons (Fsp3) is 0.480. The van der Waals surface area contributed by atoms with Crippen molar-refractivity contribution in [3.63, 3.8) is 0 Å². The van der Waals surface area contributed by atoms with Crippen molar-refractivity contribution < 1.29 is 13.2 Å². The number of carbonyl (C=O) groups is 1. The van der Waals surface area contributed by atoms with Crippen molar-refractivity contribution in [1.82, 2.24) is 10.2 Å². The van der Waals surface area contributed by atoms with Crippen LogP contribution in [0.2, 0.25) is 0 Å². The van der Waals surface area contributed by atoms with Gasteiger partial charge in [-0.05, 0) is 87.1 Å². The number of likely N-dealkylation sites (tertiary alicyclic amines) is 1. The summed E-state index contributed by atoms with van der Waals surface area (Å²) in [5, 5.41) is 2.98. The molecule has 6 nitrogen and oxygen atoms in total. The highest BCUT2D eigenvalue weighted by molar-refractivity contribution is 7.92. The van der Waals surface area contributed by atoms with Crippen LogP contribution in [0.1, 0.15) is 47.7 Å². The van der Waals surface area contributed by atoms with Gasteiger partial charge < -0.3 is 10.2 Å². The van der Waals surface area contributed by atoms with Crippen LogP contribution in [-0.4, -0.2) is 51.7 Å². The van der Waals surface area contributed by atoms with Crippen molar-refractivity contribution in [3.05, 3.63) is 65.2 Å². The summed E-state index contributed by atoms with van der Waals surface area (Å²) in [5.74, 6) is 0.692. The van der Waals surface area contributed by atoms with Crippen molar-refractivity contribution in [2.45, 2.75) is 39.7 Å². The molecule has 0 bridgehead atoms. The Morgan fingerprint density at radius 3 is 2.38 bits per heavy atom. The van der Waals surface area contributed by atoms with E-state index < -0.39 is 10.0 Å². The summed E-state index contributed by atoms with van der Waals surface area (Å²) in [6.45, 7) is 8.47. The van der Waals surface area contributed by atoms with Gasteiger partial charge in [0.2, 0.25) is 10.0 Å². The second-order valence-corrected chi connectivity index (χ2v) is 10.8. The number of rotatable bonds is 9. The second kappa shape index (κ2) is 11.0. The summed E-state index contributed by atoms with van der Waals surface area (Å²) in [5.41, 5.74) is 3.07. The first-order valence-corrected chi connectivity index (χ1v) is 13.2. The molecule has 0 aromatic heterocycles. The van der Waals surface area contributed by atoms with E-state index in [1.165, 1.54) is 23.4 Å². The normalized spacial score (nSPS) is 15.5. The molecule has 2 aromatic rings. The first-order valence-electron chi connectivity index (χ1n) is 11.4. The van der Waals surface area contributed by atoms with Gasteiger partial charge in [-0.1, -0.05) is 31.2 Å². The number of hydrogen-bond donors (Lipinski definition) is 1. The molecule has 1 amide bonds. The lowest BCUT2D eigenvalue weighted by Crippen LogP contribution is -2.35. The number of nitrogens with one attached hydrogen (secondary N) is 1. The molecule has 0 radical (unpaired) electrons. The maximum absolute atomic E-state index is 12.5. The largest absolute Gasteiger partial charge is 0.352 e. The van der Waals surface area contributed by atoms with Crippen LogP contribution < -0.4 is 9.62 Å². The average molecular weight is 458 g/mol. The molecule has 1 aliphatic heterocycles. The van der Waals surface area contributed by atoms with Crippen LogP contribution in [0.3, 0.4) is 0 Å². The van der Waals surface area contributed by atoms with Crippen LogP contribution in [-0.2, 0) is 16.6 Å². The van der Waals surface area contributed by atoms with Crippen molar-refractivity contribution in [1.29, 1.82) is 0 Å². The molecule has 1 aliphatic rings. The van der Waals surface area contributed by atoms with E-state index in [9.17, 15) is 13.2 Å². The average Bonchev–Trinajstić information content (AvgIpc) is 2.76. The van der Waals surface area contributed by atoms with Crippen LogP contribution in [0.4, 0.5) is 5.69 Å². The third-order valence-corrected chi connectivity index (χ3v) is 7.35. The lowest BCUT2D eigenvalue weighted by molar-refractivity contribution is 0.0950. The molecule has 32 heavy (non-hydrogen) atoms. The maximum atomic E-state index is 12.5. The molecule has 0 atom stereocenters. The molecular formula is C25H35N3O3S. The fourth-order valence-corrected chi connectivity index (χ4v) is 4.89. The molecule has 1 heterocycles. The third kappa shape index (κ3) is 6.81. The lowest BCUT2D eigenvalue weighted by atomic mass is 9.99. The van der Waals surface area contributed by atoms with Gasteiger partial charge in [0.05, 0.1) is 18.5 Å². The van der Waals surface area contributed by atoms with Gasteiger partial charge >= 0.3 is 0 Å². The SMILES string of the molecule is Cc1ccccc1CN(c1ccc(C(=O)NCCCN2CCC(C)CC2)cc1)S(C)(=O)=O. The van der Waals surface area contributed by atoms with E-state index in [1.54, 1.807) is 24.3 Å². The number of aryl methyl sites for hydroxylation is 1. The van der Waals surface area contributed by atoms with Crippen LogP contribution in [0.15, 0.2) is 48.5 Å². The molecule has 3 rings (SSSR count). The van der Waals surface area contributed by atoms with Gasteiger partial charge in [-0.2, -0.15) is 0 Å². The summed E-state index contributed by atoms with van der Waals surface area (Å²) in [7, 11) is -3.47. The van der Waals surface area contributed by atoms with Gasteiger partial charge in [0.15, 0.2) is 0 Å². The first kappa shape index (κ1) is 24.3. The van der Waals surface area contributed by atoms with Gasteiger partial charge in [0.25, 0.3) is 5.91 Å². The smallest absolute Gasteiger partial charge is 0.251 e. The summed E-state index contributed by atoms with van der Waals surface area (Å²) in [4.78, 5) is 15.0. The predicted octanol–water partition coefficient (Wildman–Crippen LogP) is 3.81. The Labute approximate surface area is 192 Å². The Morgan fingerprint density at radius 2 is 1.75 bits per heavy atom. The molecule has 7 heteroatoms. The highest BCUT2D eigenvalue weighted by atomic mass is 32.2. The Morgan fingerprint density at radius 1 is 1.09 bits per heavy atom. The number of hydrogen-bond acceptors (Lipinski definition) is 4. The molecule has 1 N–H and O–H groups in total. The van der Waals surface area contributed by atoms with E-state index in [1.807, 2.05) is 31.2 Å². The molecule has 0 saturated carbocycles. The fourth-order valence-electron chi connectivity index (χ4n) is 4.01. The Hall–Kier alpha value is -2.38. The first-order chi connectivity index (χ1) is 15.2. The summed E-state index contributed by atoms with van der Waals surface area (Å²) >= 11 is 0. The van der Waals surface area contributed by atoms with Crippen molar-refractivity contribution in [3.8, 4) is 0 Å². The van der Waals surface area contributed by atoms with Crippen LogP contribution in [0.5, 0.6) is 0 Å². The lowest BCUT2D eigenvalue weighted by Gasteiger charge is -2.30. The number of anilines is 1. The number of carbonyl (C=O) groups excluding carboxylic acids is 1. The second-order valence-electron chi connectivity index (χ2n) is 8.88. The van der Waals surface area contributed by atoms with Gasteiger partial charge in [-0.15, -0.1) is 0 Å². The Kier molecular flexibility index (Phi) is 8.32. The van der Waals surface area contributed by atoms with E-state index in [2.05, 4.69) is 17.1 Å². The van der Waals surface area contributed by atoms with E-state index >= 15 is 0 Å². The van der Waals surface area contributed by atoms with Gasteiger partial charge in [0.1, 0.15) is 0 Å². The van der Waals surface area contributed by atoms with E-state index in [-0.39, 0.29) is 12.5 Å². The summed E-state index contributed by atoms with van der Waals surface area (Å²) < 4.78 is 26.2. The number of sulfonamides is 1. The number of piperidine rings is 1. The minimum absolute atomic E-state index is 0.131. The van der Waals surface area contributed by atoms with Gasteiger partial charge in [-0.3, -0.25) is 9.10 Å². The van der Waals surface area contributed by atoms with Crippen LogP contribution >= 0.6 is 0 Å². The Bertz CT molecular complexity index is 997. The van der Waals surface area contributed by atoms with Crippen LogP contribution in [0, 0.1) is 12.8 Å². The molecule has 0 unspecified atom stereocenters. The molecular weight excluding hydrogens is 422 g/mol. The van der Waals surface area contributed by atoms with E-state index in [0.29, 0.717) is 17.8 Å². The molecule has 0 aliphatic carbocycles. The number of benzene rings is 2. The molecule has 1 saturated heterocycles. The van der Waals surface area contributed by atoms with Gasteiger partial charge in [0, 0.05) is 12.1 Å². The van der Waals surface area contributed by atoms with Crippen molar-refractivity contribution in [2.24, 2.45) is 5.92 Å². The van der Waals surface area contributed by atoms with Crippen LogP contribution in [0.25, 0.3) is 0 Å². The zero-order valence-corrected chi connectivity index (χ0v) is 20.2. The van der Waals surface area contributed by atoms with E-state index in [0.717, 1.165) is 43.1 Å². The monoisotopic (exact) mass is 457 g/mol.